The Morgan fingerprint density at radius 2 is 2.33 bits per heavy atom. The van der Waals surface area contributed by atoms with Crippen LogP contribution in [0, 0.1) is 0 Å². The van der Waals surface area contributed by atoms with Gasteiger partial charge in [-0.25, -0.2) is 4.98 Å². The third kappa shape index (κ3) is 3.44. The van der Waals surface area contributed by atoms with Crippen LogP contribution in [0.5, 0.6) is 0 Å². The first-order valence-corrected chi connectivity index (χ1v) is 8.60. The van der Waals surface area contributed by atoms with Gasteiger partial charge in [-0.1, -0.05) is 6.42 Å². The van der Waals surface area contributed by atoms with Gasteiger partial charge >= 0.3 is 0 Å². The second-order valence-corrected chi connectivity index (χ2v) is 6.63. The van der Waals surface area contributed by atoms with E-state index in [0.29, 0.717) is 5.95 Å². The lowest BCUT2D eigenvalue weighted by molar-refractivity contribution is 0.160. The van der Waals surface area contributed by atoms with Crippen LogP contribution in [0.4, 0.5) is 11.8 Å². The number of nitrogens with zero attached hydrogens (tertiary/aromatic N) is 3. The average Bonchev–Trinajstić information content (AvgIpc) is 2.93. The molecule has 21 heavy (non-hydrogen) atoms. The van der Waals surface area contributed by atoms with Gasteiger partial charge in [0.25, 0.3) is 0 Å². The van der Waals surface area contributed by atoms with Crippen molar-refractivity contribution >= 4 is 33.3 Å². The summed E-state index contributed by atoms with van der Waals surface area (Å²) in [5, 5.41) is 6.52. The lowest BCUT2D eigenvalue weighted by atomic mass is 10.0. The fourth-order valence-electron chi connectivity index (χ4n) is 2.99. The van der Waals surface area contributed by atoms with Crippen molar-refractivity contribution < 1.29 is 0 Å². The Morgan fingerprint density at radius 1 is 1.43 bits per heavy atom. The van der Waals surface area contributed by atoms with Crippen LogP contribution in [0.2, 0.25) is 0 Å². The molecule has 1 unspecified atom stereocenters. The molecule has 0 radical (unpaired) electrons. The number of nitrogens with two attached hydrogens (primary N) is 1. The molecule has 1 atom stereocenters. The molecule has 3 rings (SSSR count). The normalized spacial score (nSPS) is 20.0. The maximum Gasteiger partial charge on any atom is 0.223 e. The molecule has 114 valence electrons. The number of aromatic nitrogens is 2. The molecule has 0 aliphatic carbocycles. The van der Waals surface area contributed by atoms with Gasteiger partial charge in [0.1, 0.15) is 10.6 Å². The topological polar surface area (TPSA) is 67.1 Å². The van der Waals surface area contributed by atoms with Gasteiger partial charge < -0.3 is 16.0 Å². The van der Waals surface area contributed by atoms with E-state index in [9.17, 15) is 0 Å². The highest BCUT2D eigenvalue weighted by Crippen LogP contribution is 2.25. The number of anilines is 2. The molecule has 6 heteroatoms. The zero-order valence-corrected chi connectivity index (χ0v) is 13.3. The summed E-state index contributed by atoms with van der Waals surface area (Å²) >= 11 is 1.60. The highest BCUT2D eigenvalue weighted by Gasteiger charge is 2.17. The third-order valence-corrected chi connectivity index (χ3v) is 5.00. The lowest BCUT2D eigenvalue weighted by Gasteiger charge is -2.33. The highest BCUT2D eigenvalue weighted by atomic mass is 32.1. The van der Waals surface area contributed by atoms with Gasteiger partial charge in [0.05, 0.1) is 5.39 Å². The minimum atomic E-state index is 0.345. The van der Waals surface area contributed by atoms with E-state index < -0.39 is 0 Å². The number of nitrogen functional groups attached to an aromatic ring is 1. The zero-order chi connectivity index (χ0) is 14.7. The fraction of sp³-hybridized carbons (Fsp3) is 0.600. The molecule has 1 fully saturated rings. The van der Waals surface area contributed by atoms with E-state index in [-0.39, 0.29) is 0 Å². The number of piperidine rings is 1. The van der Waals surface area contributed by atoms with Gasteiger partial charge in [-0.3, -0.25) is 0 Å². The Labute approximate surface area is 129 Å². The van der Waals surface area contributed by atoms with E-state index in [0.717, 1.165) is 41.6 Å². The van der Waals surface area contributed by atoms with Crippen molar-refractivity contribution in [3.8, 4) is 0 Å². The van der Waals surface area contributed by atoms with Crippen LogP contribution in [-0.2, 0) is 0 Å². The van der Waals surface area contributed by atoms with Crippen LogP contribution >= 0.6 is 11.3 Å². The number of hydrogen-bond donors (Lipinski definition) is 2. The molecule has 1 saturated heterocycles. The van der Waals surface area contributed by atoms with Crippen molar-refractivity contribution in [2.75, 3.05) is 30.7 Å². The molecule has 0 amide bonds. The minimum absolute atomic E-state index is 0.345. The molecule has 3 heterocycles. The number of fused-ring (bicyclic) bond motifs is 1. The first-order chi connectivity index (χ1) is 10.2. The summed E-state index contributed by atoms with van der Waals surface area (Å²) in [5.74, 6) is 1.21. The minimum Gasteiger partial charge on any atom is -0.369 e. The zero-order valence-electron chi connectivity index (χ0n) is 12.5. The van der Waals surface area contributed by atoms with Crippen molar-refractivity contribution in [3.63, 3.8) is 0 Å². The second kappa shape index (κ2) is 6.58. The summed E-state index contributed by atoms with van der Waals surface area (Å²) in [6.07, 6.45) is 5.19. The molecule has 5 nitrogen and oxygen atoms in total. The smallest absolute Gasteiger partial charge is 0.223 e. The number of thiophene rings is 1. The number of hydrogen-bond acceptors (Lipinski definition) is 6. The Morgan fingerprint density at radius 3 is 3.19 bits per heavy atom. The maximum absolute atomic E-state index is 5.76. The van der Waals surface area contributed by atoms with Gasteiger partial charge in [0, 0.05) is 19.1 Å². The summed E-state index contributed by atoms with van der Waals surface area (Å²) < 4.78 is 0. The first kappa shape index (κ1) is 14.5. The molecule has 0 aromatic carbocycles. The average molecular weight is 305 g/mol. The largest absolute Gasteiger partial charge is 0.369 e. The van der Waals surface area contributed by atoms with Crippen molar-refractivity contribution in [2.45, 2.75) is 38.6 Å². The van der Waals surface area contributed by atoms with Crippen molar-refractivity contribution in [1.29, 1.82) is 0 Å². The Kier molecular flexibility index (Phi) is 4.55. The van der Waals surface area contributed by atoms with E-state index in [1.165, 1.54) is 25.8 Å². The van der Waals surface area contributed by atoms with Gasteiger partial charge in [0.15, 0.2) is 0 Å². The maximum atomic E-state index is 5.76. The van der Waals surface area contributed by atoms with Crippen LogP contribution in [0.15, 0.2) is 11.4 Å². The van der Waals surface area contributed by atoms with E-state index in [4.69, 9.17) is 5.73 Å². The van der Waals surface area contributed by atoms with Gasteiger partial charge in [-0.05, 0) is 44.2 Å². The SMILES string of the molecule is CC1CCCCN1CCCNc1nc(N)nc2sccc12. The Bertz CT molecular complexity index is 597. The third-order valence-electron chi connectivity index (χ3n) is 4.20. The molecular weight excluding hydrogens is 282 g/mol. The lowest BCUT2D eigenvalue weighted by Crippen LogP contribution is -2.38. The molecule has 2 aromatic heterocycles. The van der Waals surface area contributed by atoms with Crippen LogP contribution < -0.4 is 11.1 Å². The van der Waals surface area contributed by atoms with Crippen LogP contribution in [0.1, 0.15) is 32.6 Å². The monoisotopic (exact) mass is 305 g/mol. The Balaban J connectivity index is 1.53. The number of nitrogens with one attached hydrogen (secondary N) is 1. The van der Waals surface area contributed by atoms with Crippen molar-refractivity contribution in [3.05, 3.63) is 11.4 Å². The standard InChI is InChI=1S/C15H23N5S/c1-11-5-2-3-8-20(11)9-4-7-17-13-12-6-10-21-14(12)19-15(16)18-13/h6,10-11H,2-5,7-9H2,1H3,(H3,16,17,18,19). The van der Waals surface area contributed by atoms with E-state index in [2.05, 4.69) is 33.2 Å². The van der Waals surface area contributed by atoms with Gasteiger partial charge in [-0.2, -0.15) is 4.98 Å². The summed E-state index contributed by atoms with van der Waals surface area (Å²) in [4.78, 5) is 12.1. The summed E-state index contributed by atoms with van der Waals surface area (Å²) in [5.41, 5.74) is 5.76. The fourth-order valence-corrected chi connectivity index (χ4v) is 3.76. The summed E-state index contributed by atoms with van der Waals surface area (Å²) in [7, 11) is 0. The van der Waals surface area contributed by atoms with E-state index >= 15 is 0 Å². The van der Waals surface area contributed by atoms with E-state index in [1.54, 1.807) is 11.3 Å². The summed E-state index contributed by atoms with van der Waals surface area (Å²) in [6, 6.07) is 2.78. The van der Waals surface area contributed by atoms with Gasteiger partial charge in [0.2, 0.25) is 5.95 Å². The molecule has 1 aliphatic heterocycles. The number of likely N-dealkylation sites (tertiary alicyclic amines) is 1. The van der Waals surface area contributed by atoms with Crippen LogP contribution in [0.3, 0.4) is 0 Å². The number of rotatable bonds is 5. The van der Waals surface area contributed by atoms with Crippen LogP contribution in [0.25, 0.3) is 10.2 Å². The predicted octanol–water partition coefficient (Wildman–Crippen LogP) is 2.95. The van der Waals surface area contributed by atoms with Crippen LogP contribution in [-0.4, -0.2) is 40.5 Å². The molecule has 1 aliphatic rings. The first-order valence-electron chi connectivity index (χ1n) is 7.72. The molecular formula is C15H23N5S. The molecule has 2 aromatic rings. The predicted molar refractivity (Wildman–Crippen MR) is 89.8 cm³/mol. The molecule has 0 saturated carbocycles. The van der Waals surface area contributed by atoms with Gasteiger partial charge in [-0.15, -0.1) is 11.3 Å². The highest BCUT2D eigenvalue weighted by molar-refractivity contribution is 7.16. The van der Waals surface area contributed by atoms with Crippen molar-refractivity contribution in [2.24, 2.45) is 0 Å². The molecule has 0 spiro atoms. The molecule has 3 N–H and O–H groups in total. The van der Waals surface area contributed by atoms with E-state index in [1.807, 2.05) is 5.38 Å². The molecule has 0 bridgehead atoms. The summed E-state index contributed by atoms with van der Waals surface area (Å²) in [6.45, 7) is 5.66. The Hall–Kier alpha value is -1.40. The van der Waals surface area contributed by atoms with Crippen molar-refractivity contribution in [1.82, 2.24) is 14.9 Å². The second-order valence-electron chi connectivity index (χ2n) is 5.73. The quantitative estimate of drug-likeness (QED) is 0.831.